The van der Waals surface area contributed by atoms with Gasteiger partial charge in [-0.1, -0.05) is 49.4 Å². The SMILES string of the molecule is Fc1c(Cl)cccc1CC(CCl)C1CCCC1. The quantitative estimate of drug-likeness (QED) is 0.673. The van der Waals surface area contributed by atoms with Gasteiger partial charge < -0.3 is 0 Å². The summed E-state index contributed by atoms with van der Waals surface area (Å²) < 4.78 is 13.8. The van der Waals surface area contributed by atoms with Crippen LogP contribution in [0.1, 0.15) is 31.2 Å². The van der Waals surface area contributed by atoms with Crippen LogP contribution in [0.3, 0.4) is 0 Å². The van der Waals surface area contributed by atoms with Gasteiger partial charge in [-0.15, -0.1) is 11.6 Å². The van der Waals surface area contributed by atoms with Crippen LogP contribution in [0.4, 0.5) is 4.39 Å². The molecule has 1 aliphatic rings. The molecule has 17 heavy (non-hydrogen) atoms. The molecule has 0 N–H and O–H groups in total. The van der Waals surface area contributed by atoms with Crippen LogP contribution in [0, 0.1) is 17.7 Å². The fraction of sp³-hybridized carbons (Fsp3) is 0.571. The third kappa shape index (κ3) is 3.14. The molecule has 1 atom stereocenters. The summed E-state index contributed by atoms with van der Waals surface area (Å²) in [5, 5.41) is 0.210. The predicted molar refractivity (Wildman–Crippen MR) is 71.3 cm³/mol. The molecule has 0 amide bonds. The molecule has 0 bridgehead atoms. The Morgan fingerprint density at radius 2 is 2.00 bits per heavy atom. The van der Waals surface area contributed by atoms with E-state index in [1.807, 2.05) is 6.07 Å². The van der Waals surface area contributed by atoms with E-state index in [0.717, 1.165) is 0 Å². The van der Waals surface area contributed by atoms with Gasteiger partial charge in [0, 0.05) is 5.88 Å². The summed E-state index contributed by atoms with van der Waals surface area (Å²) in [6.07, 6.45) is 5.76. The summed E-state index contributed by atoms with van der Waals surface area (Å²) in [4.78, 5) is 0. The topological polar surface area (TPSA) is 0 Å². The van der Waals surface area contributed by atoms with Crippen molar-refractivity contribution in [3.05, 3.63) is 34.6 Å². The summed E-state index contributed by atoms with van der Waals surface area (Å²) in [7, 11) is 0. The van der Waals surface area contributed by atoms with E-state index in [9.17, 15) is 4.39 Å². The largest absolute Gasteiger partial charge is 0.205 e. The third-order valence-corrected chi connectivity index (χ3v) is 4.47. The normalized spacial score (nSPS) is 18.5. The van der Waals surface area contributed by atoms with Crippen LogP contribution < -0.4 is 0 Å². The van der Waals surface area contributed by atoms with Crippen molar-refractivity contribution >= 4 is 23.2 Å². The van der Waals surface area contributed by atoms with Gasteiger partial charge in [0.15, 0.2) is 0 Å². The van der Waals surface area contributed by atoms with Crippen LogP contribution in [-0.2, 0) is 6.42 Å². The monoisotopic (exact) mass is 274 g/mol. The molecule has 0 heterocycles. The average molecular weight is 275 g/mol. The molecule has 0 saturated heterocycles. The van der Waals surface area contributed by atoms with E-state index in [4.69, 9.17) is 23.2 Å². The van der Waals surface area contributed by atoms with E-state index >= 15 is 0 Å². The summed E-state index contributed by atoms with van der Waals surface area (Å²) in [5.74, 6) is 1.37. The molecule has 0 nitrogen and oxygen atoms in total. The second kappa shape index (κ2) is 6.06. The van der Waals surface area contributed by atoms with Crippen molar-refractivity contribution in [1.29, 1.82) is 0 Å². The first-order valence-electron chi connectivity index (χ1n) is 6.21. The molecule has 0 spiro atoms. The molecule has 0 aliphatic heterocycles. The zero-order chi connectivity index (χ0) is 12.3. The fourth-order valence-corrected chi connectivity index (χ4v) is 3.32. The van der Waals surface area contributed by atoms with E-state index in [1.54, 1.807) is 12.1 Å². The number of benzene rings is 1. The molecule has 1 fully saturated rings. The Balaban J connectivity index is 2.09. The molecule has 0 aromatic heterocycles. The van der Waals surface area contributed by atoms with Crippen molar-refractivity contribution in [2.24, 2.45) is 11.8 Å². The van der Waals surface area contributed by atoms with Crippen LogP contribution in [0.25, 0.3) is 0 Å². The maximum Gasteiger partial charge on any atom is 0.144 e. The molecule has 2 rings (SSSR count). The Hall–Kier alpha value is -0.270. The van der Waals surface area contributed by atoms with Crippen molar-refractivity contribution in [2.75, 3.05) is 5.88 Å². The highest BCUT2D eigenvalue weighted by Crippen LogP contribution is 2.34. The van der Waals surface area contributed by atoms with Gasteiger partial charge in [-0.25, -0.2) is 4.39 Å². The molecule has 1 unspecified atom stereocenters. The van der Waals surface area contributed by atoms with Gasteiger partial charge in [0.05, 0.1) is 5.02 Å². The van der Waals surface area contributed by atoms with E-state index < -0.39 is 0 Å². The van der Waals surface area contributed by atoms with Crippen molar-refractivity contribution in [3.8, 4) is 0 Å². The van der Waals surface area contributed by atoms with Crippen LogP contribution in [0.15, 0.2) is 18.2 Å². The maximum atomic E-state index is 13.8. The van der Waals surface area contributed by atoms with Gasteiger partial charge in [0.25, 0.3) is 0 Å². The highest BCUT2D eigenvalue weighted by molar-refractivity contribution is 6.30. The van der Waals surface area contributed by atoms with E-state index in [2.05, 4.69) is 0 Å². The number of hydrogen-bond donors (Lipinski definition) is 0. The van der Waals surface area contributed by atoms with Crippen molar-refractivity contribution in [3.63, 3.8) is 0 Å². The van der Waals surface area contributed by atoms with Crippen molar-refractivity contribution in [1.82, 2.24) is 0 Å². The summed E-state index contributed by atoms with van der Waals surface area (Å²) in [5.41, 5.74) is 0.704. The third-order valence-electron chi connectivity index (χ3n) is 3.78. The zero-order valence-electron chi connectivity index (χ0n) is 9.76. The van der Waals surface area contributed by atoms with Gasteiger partial charge in [-0.2, -0.15) is 0 Å². The summed E-state index contributed by atoms with van der Waals surface area (Å²) in [6.45, 7) is 0. The second-order valence-electron chi connectivity index (χ2n) is 4.88. The molecule has 1 aliphatic carbocycles. The smallest absolute Gasteiger partial charge is 0.144 e. The minimum atomic E-state index is -0.276. The standard InChI is InChI=1S/C14H17Cl2F/c15-9-12(10-4-1-2-5-10)8-11-6-3-7-13(16)14(11)17/h3,6-7,10,12H,1-2,4-5,8-9H2. The minimum Gasteiger partial charge on any atom is -0.205 e. The lowest BCUT2D eigenvalue weighted by atomic mass is 9.87. The Kier molecular flexibility index (Phi) is 4.69. The highest BCUT2D eigenvalue weighted by atomic mass is 35.5. The first-order valence-corrected chi connectivity index (χ1v) is 7.12. The molecule has 1 aromatic rings. The van der Waals surface area contributed by atoms with Crippen molar-refractivity contribution in [2.45, 2.75) is 32.1 Å². The first kappa shape index (κ1) is 13.2. The molecule has 3 heteroatoms. The predicted octanol–water partition coefficient (Wildman–Crippen LogP) is 5.07. The first-order chi connectivity index (χ1) is 8.22. The van der Waals surface area contributed by atoms with E-state index in [1.165, 1.54) is 25.7 Å². The lowest BCUT2D eigenvalue weighted by molar-refractivity contribution is 0.365. The van der Waals surface area contributed by atoms with E-state index in [-0.39, 0.29) is 10.8 Å². The van der Waals surface area contributed by atoms with Crippen molar-refractivity contribution < 1.29 is 4.39 Å². The molecule has 94 valence electrons. The van der Waals surface area contributed by atoms with Gasteiger partial charge in [0.2, 0.25) is 0 Å². The molecule has 1 aromatic carbocycles. The fourth-order valence-electron chi connectivity index (χ4n) is 2.76. The molecular formula is C14H17Cl2F. The van der Waals surface area contributed by atoms with Gasteiger partial charge in [0.1, 0.15) is 5.82 Å². The minimum absolute atomic E-state index is 0.210. The molecular weight excluding hydrogens is 258 g/mol. The van der Waals surface area contributed by atoms with Gasteiger partial charge in [-0.3, -0.25) is 0 Å². The highest BCUT2D eigenvalue weighted by Gasteiger charge is 2.25. The molecule has 0 radical (unpaired) electrons. The Morgan fingerprint density at radius 1 is 1.29 bits per heavy atom. The number of hydrogen-bond acceptors (Lipinski definition) is 0. The van der Waals surface area contributed by atoms with Gasteiger partial charge >= 0.3 is 0 Å². The summed E-state index contributed by atoms with van der Waals surface area (Å²) >= 11 is 11.8. The lowest BCUT2D eigenvalue weighted by Gasteiger charge is -2.21. The second-order valence-corrected chi connectivity index (χ2v) is 5.59. The molecule has 1 saturated carbocycles. The van der Waals surface area contributed by atoms with Crippen LogP contribution >= 0.6 is 23.2 Å². The summed E-state index contributed by atoms with van der Waals surface area (Å²) in [6, 6.07) is 5.21. The zero-order valence-corrected chi connectivity index (χ0v) is 11.3. The van der Waals surface area contributed by atoms with E-state index in [0.29, 0.717) is 29.7 Å². The van der Waals surface area contributed by atoms with Crippen LogP contribution in [-0.4, -0.2) is 5.88 Å². The Morgan fingerprint density at radius 3 is 2.65 bits per heavy atom. The number of halogens is 3. The number of rotatable bonds is 4. The maximum absolute atomic E-state index is 13.8. The lowest BCUT2D eigenvalue weighted by Crippen LogP contribution is -2.17. The number of alkyl halides is 1. The van der Waals surface area contributed by atoms with Crippen LogP contribution in [0.2, 0.25) is 5.02 Å². The Labute approximate surface area is 112 Å². The van der Waals surface area contributed by atoms with Crippen LogP contribution in [0.5, 0.6) is 0 Å². The average Bonchev–Trinajstić information content (AvgIpc) is 2.85. The van der Waals surface area contributed by atoms with Gasteiger partial charge in [-0.05, 0) is 29.9 Å². The Bertz CT molecular complexity index is 372.